The Labute approximate surface area is 114 Å². The summed E-state index contributed by atoms with van der Waals surface area (Å²) in [7, 11) is -3.36. The van der Waals surface area contributed by atoms with Crippen LogP contribution in [-0.2, 0) is 16.6 Å². The van der Waals surface area contributed by atoms with Gasteiger partial charge in [0.2, 0.25) is 10.0 Å². The van der Waals surface area contributed by atoms with E-state index in [2.05, 4.69) is 0 Å². The zero-order valence-electron chi connectivity index (χ0n) is 9.91. The van der Waals surface area contributed by atoms with Crippen LogP contribution in [-0.4, -0.2) is 32.5 Å². The van der Waals surface area contributed by atoms with Gasteiger partial charge < -0.3 is 5.73 Å². The van der Waals surface area contributed by atoms with Gasteiger partial charge in [-0.2, -0.15) is 17.5 Å². The molecule has 1 aromatic carbocycles. The van der Waals surface area contributed by atoms with Crippen LogP contribution >= 0.6 is 11.6 Å². The quantitative estimate of drug-likeness (QED) is 0.924. The Hall–Kier alpha value is -0.830. The van der Waals surface area contributed by atoms with Gasteiger partial charge in [-0.3, -0.25) is 0 Å². The van der Waals surface area contributed by atoms with Crippen molar-refractivity contribution >= 4 is 21.6 Å². The Balaban J connectivity index is 3.13. The third-order valence-corrected chi connectivity index (χ3v) is 4.52. The third kappa shape index (κ3) is 4.07. The standard InChI is InChI=1S/C10H12ClF3N2O2S/c1-16(6-10(12,13)14)19(17,18)8-2-3-9(11)7(4-8)5-15/h2-4H,5-6,15H2,1H3. The Morgan fingerprint density at radius 3 is 2.42 bits per heavy atom. The molecule has 0 amide bonds. The molecule has 0 atom stereocenters. The van der Waals surface area contributed by atoms with Gasteiger partial charge in [0.15, 0.2) is 0 Å². The van der Waals surface area contributed by atoms with Gasteiger partial charge in [0.05, 0.1) is 4.90 Å². The fourth-order valence-electron chi connectivity index (χ4n) is 1.39. The molecule has 0 aromatic heterocycles. The van der Waals surface area contributed by atoms with Crippen molar-refractivity contribution in [2.75, 3.05) is 13.6 Å². The van der Waals surface area contributed by atoms with E-state index < -0.39 is 22.7 Å². The van der Waals surface area contributed by atoms with Crippen LogP contribution in [0.4, 0.5) is 13.2 Å². The van der Waals surface area contributed by atoms with Crippen molar-refractivity contribution in [2.45, 2.75) is 17.6 Å². The maximum absolute atomic E-state index is 12.2. The van der Waals surface area contributed by atoms with E-state index in [1.54, 1.807) is 0 Å². The molecular weight excluding hydrogens is 305 g/mol. The van der Waals surface area contributed by atoms with Crippen LogP contribution in [0.1, 0.15) is 5.56 Å². The van der Waals surface area contributed by atoms with E-state index in [-0.39, 0.29) is 20.8 Å². The molecule has 0 unspecified atom stereocenters. The Morgan fingerprint density at radius 2 is 1.95 bits per heavy atom. The Morgan fingerprint density at radius 1 is 1.37 bits per heavy atom. The molecule has 19 heavy (non-hydrogen) atoms. The maximum atomic E-state index is 12.2. The van der Waals surface area contributed by atoms with Crippen LogP contribution in [0.5, 0.6) is 0 Å². The van der Waals surface area contributed by atoms with Crippen molar-refractivity contribution in [3.8, 4) is 0 Å². The van der Waals surface area contributed by atoms with Crippen LogP contribution in [0, 0.1) is 0 Å². The Kier molecular flexibility index (Phi) is 4.83. The fourth-order valence-corrected chi connectivity index (χ4v) is 2.79. The number of nitrogens with two attached hydrogens (primary N) is 1. The summed E-state index contributed by atoms with van der Waals surface area (Å²) >= 11 is 5.76. The molecule has 2 N–H and O–H groups in total. The first kappa shape index (κ1) is 16.2. The minimum Gasteiger partial charge on any atom is -0.326 e. The molecule has 1 rings (SSSR count). The molecule has 9 heteroatoms. The number of halogens is 4. The summed E-state index contributed by atoms with van der Waals surface area (Å²) in [5, 5.41) is 0.264. The van der Waals surface area contributed by atoms with Gasteiger partial charge in [-0.25, -0.2) is 8.42 Å². The van der Waals surface area contributed by atoms with Gasteiger partial charge in [0.1, 0.15) is 6.54 Å². The predicted molar refractivity (Wildman–Crippen MR) is 65.2 cm³/mol. The van der Waals surface area contributed by atoms with Gasteiger partial charge in [-0.15, -0.1) is 0 Å². The van der Waals surface area contributed by atoms with Crippen LogP contribution in [0.2, 0.25) is 5.02 Å². The second-order valence-electron chi connectivity index (χ2n) is 3.83. The lowest BCUT2D eigenvalue weighted by Gasteiger charge is -2.19. The highest BCUT2D eigenvalue weighted by Crippen LogP contribution is 2.24. The SMILES string of the molecule is CN(CC(F)(F)F)S(=O)(=O)c1ccc(Cl)c(CN)c1. The predicted octanol–water partition coefficient (Wildman–Crippen LogP) is 1.98. The molecular formula is C10H12ClF3N2O2S. The smallest absolute Gasteiger partial charge is 0.326 e. The molecule has 0 radical (unpaired) electrons. The molecule has 0 heterocycles. The minimum absolute atomic E-state index is 0.00875. The van der Waals surface area contributed by atoms with E-state index in [1.165, 1.54) is 12.1 Å². The second kappa shape index (κ2) is 5.66. The summed E-state index contributed by atoms with van der Waals surface area (Å²) in [6.45, 7) is -1.57. The summed E-state index contributed by atoms with van der Waals surface area (Å²) in [6.07, 6.45) is -4.61. The molecule has 0 aliphatic rings. The van der Waals surface area contributed by atoms with Crippen LogP contribution < -0.4 is 5.73 Å². The van der Waals surface area contributed by atoms with Crippen molar-refractivity contribution in [3.05, 3.63) is 28.8 Å². The molecule has 0 spiro atoms. The van der Waals surface area contributed by atoms with E-state index in [0.717, 1.165) is 13.1 Å². The molecule has 108 valence electrons. The zero-order valence-corrected chi connectivity index (χ0v) is 11.5. The number of rotatable bonds is 4. The number of hydrogen-bond donors (Lipinski definition) is 1. The first-order valence-corrected chi connectivity index (χ1v) is 6.91. The number of sulfonamides is 1. The number of alkyl halides is 3. The highest BCUT2D eigenvalue weighted by Gasteiger charge is 2.34. The lowest BCUT2D eigenvalue weighted by Crippen LogP contribution is -2.35. The fraction of sp³-hybridized carbons (Fsp3) is 0.400. The van der Waals surface area contributed by atoms with E-state index in [4.69, 9.17) is 17.3 Å². The number of nitrogens with zero attached hydrogens (tertiary/aromatic N) is 1. The molecule has 0 bridgehead atoms. The highest BCUT2D eigenvalue weighted by atomic mass is 35.5. The van der Waals surface area contributed by atoms with E-state index in [9.17, 15) is 21.6 Å². The van der Waals surface area contributed by atoms with E-state index in [1.807, 2.05) is 0 Å². The van der Waals surface area contributed by atoms with Crippen LogP contribution in [0.3, 0.4) is 0 Å². The lowest BCUT2D eigenvalue weighted by atomic mass is 10.2. The molecule has 1 aromatic rings. The van der Waals surface area contributed by atoms with Crippen molar-refractivity contribution in [1.82, 2.24) is 4.31 Å². The molecule has 0 aliphatic heterocycles. The zero-order chi connectivity index (χ0) is 14.8. The molecule has 0 fully saturated rings. The van der Waals surface area contributed by atoms with Gasteiger partial charge in [0, 0.05) is 18.6 Å². The van der Waals surface area contributed by atoms with Crippen LogP contribution in [0.25, 0.3) is 0 Å². The normalized spacial score (nSPS) is 13.0. The van der Waals surface area contributed by atoms with E-state index >= 15 is 0 Å². The van der Waals surface area contributed by atoms with Gasteiger partial charge in [0.25, 0.3) is 0 Å². The highest BCUT2D eigenvalue weighted by molar-refractivity contribution is 7.89. The minimum atomic E-state index is -4.61. The first-order valence-electron chi connectivity index (χ1n) is 5.09. The van der Waals surface area contributed by atoms with Crippen molar-refractivity contribution in [3.63, 3.8) is 0 Å². The average molecular weight is 317 g/mol. The average Bonchev–Trinajstić information content (AvgIpc) is 2.27. The van der Waals surface area contributed by atoms with Crippen molar-refractivity contribution < 1.29 is 21.6 Å². The maximum Gasteiger partial charge on any atom is 0.402 e. The number of hydrogen-bond acceptors (Lipinski definition) is 3. The summed E-state index contributed by atoms with van der Waals surface area (Å²) in [5.41, 5.74) is 5.72. The summed E-state index contributed by atoms with van der Waals surface area (Å²) in [5.74, 6) is 0. The van der Waals surface area contributed by atoms with Gasteiger partial charge in [-0.05, 0) is 23.8 Å². The summed E-state index contributed by atoms with van der Waals surface area (Å²) in [4.78, 5) is -0.274. The van der Waals surface area contributed by atoms with E-state index in [0.29, 0.717) is 5.56 Å². The summed E-state index contributed by atoms with van der Waals surface area (Å²) in [6, 6.07) is 3.60. The monoisotopic (exact) mass is 316 g/mol. The van der Waals surface area contributed by atoms with Crippen molar-refractivity contribution in [1.29, 1.82) is 0 Å². The third-order valence-electron chi connectivity index (χ3n) is 2.35. The molecule has 0 aliphatic carbocycles. The second-order valence-corrected chi connectivity index (χ2v) is 6.29. The Bertz CT molecular complexity index is 560. The topological polar surface area (TPSA) is 63.4 Å². The molecule has 0 saturated carbocycles. The van der Waals surface area contributed by atoms with Crippen molar-refractivity contribution in [2.24, 2.45) is 5.73 Å². The molecule has 0 saturated heterocycles. The summed E-state index contributed by atoms with van der Waals surface area (Å²) < 4.78 is 60.7. The lowest BCUT2D eigenvalue weighted by molar-refractivity contribution is -0.134. The van der Waals surface area contributed by atoms with Crippen LogP contribution in [0.15, 0.2) is 23.1 Å². The van der Waals surface area contributed by atoms with Gasteiger partial charge in [-0.1, -0.05) is 11.6 Å². The largest absolute Gasteiger partial charge is 0.402 e. The van der Waals surface area contributed by atoms with Gasteiger partial charge >= 0.3 is 6.18 Å². The molecule has 4 nitrogen and oxygen atoms in total. The number of benzene rings is 1. The first-order chi connectivity index (χ1) is 8.58.